The number of carbonyl (C=O) groups excluding carboxylic acids is 1. The average molecular weight is 506 g/mol. The lowest BCUT2D eigenvalue weighted by atomic mass is 10.2. The molecule has 1 N–H and O–H groups in total. The largest absolute Gasteiger partial charge is 0.453 e. The summed E-state index contributed by atoms with van der Waals surface area (Å²) in [5.41, 5.74) is 2.44. The number of carbonyl (C=O) groups is 1. The molecule has 2 aromatic carbocycles. The van der Waals surface area contributed by atoms with Crippen LogP contribution < -0.4 is 5.32 Å². The lowest BCUT2D eigenvalue weighted by molar-refractivity contribution is -0.113. The number of aromatic nitrogens is 3. The Kier molecular flexibility index (Phi) is 6.17. The normalized spacial score (nSPS) is 11.2. The van der Waals surface area contributed by atoms with E-state index in [9.17, 15) is 4.79 Å². The summed E-state index contributed by atoms with van der Waals surface area (Å²) in [6.07, 6.45) is 0. The van der Waals surface area contributed by atoms with E-state index >= 15 is 0 Å². The van der Waals surface area contributed by atoms with Crippen LogP contribution >= 0.6 is 39.3 Å². The molecule has 0 fully saturated rings. The number of anilines is 1. The lowest BCUT2D eigenvalue weighted by Gasteiger charge is -2.09. The van der Waals surface area contributed by atoms with Crippen molar-refractivity contribution in [2.75, 3.05) is 11.1 Å². The number of nitrogens with one attached hydrogen (secondary N) is 1. The van der Waals surface area contributed by atoms with Gasteiger partial charge in [0.15, 0.2) is 10.9 Å². The zero-order valence-electron chi connectivity index (χ0n) is 16.3. The maximum absolute atomic E-state index is 12.4. The van der Waals surface area contributed by atoms with E-state index in [0.717, 1.165) is 26.7 Å². The number of fused-ring (bicyclic) bond motifs is 1. The predicted molar refractivity (Wildman–Crippen MR) is 124 cm³/mol. The second kappa shape index (κ2) is 8.83. The first-order chi connectivity index (χ1) is 14.4. The Morgan fingerprint density at radius 1 is 1.23 bits per heavy atom. The van der Waals surface area contributed by atoms with Crippen LogP contribution in [0.1, 0.15) is 12.5 Å². The van der Waals surface area contributed by atoms with E-state index in [0.29, 0.717) is 28.3 Å². The monoisotopic (exact) mass is 504 g/mol. The summed E-state index contributed by atoms with van der Waals surface area (Å²) < 4.78 is 8.88. The summed E-state index contributed by atoms with van der Waals surface area (Å²) in [6.45, 7) is 4.57. The minimum absolute atomic E-state index is 0.119. The van der Waals surface area contributed by atoms with Gasteiger partial charge in [0.2, 0.25) is 11.7 Å². The van der Waals surface area contributed by atoms with Crippen molar-refractivity contribution in [1.29, 1.82) is 0 Å². The SMILES string of the molecule is CCn1c(SCC(=O)Nc2ccc(Cl)cc2C)nnc1-c1cc2cc(Br)ccc2o1. The van der Waals surface area contributed by atoms with Crippen molar-refractivity contribution < 1.29 is 9.21 Å². The van der Waals surface area contributed by atoms with Crippen LogP contribution in [0, 0.1) is 6.92 Å². The van der Waals surface area contributed by atoms with Crippen molar-refractivity contribution in [1.82, 2.24) is 14.8 Å². The van der Waals surface area contributed by atoms with Crippen LogP contribution in [-0.2, 0) is 11.3 Å². The summed E-state index contributed by atoms with van der Waals surface area (Å²) in [7, 11) is 0. The summed E-state index contributed by atoms with van der Waals surface area (Å²) >= 11 is 10.8. The standard InChI is InChI=1S/C21H18BrClN4O2S/c1-3-27-20(18-10-13-9-14(22)4-7-17(13)29-18)25-26-21(27)30-11-19(28)24-16-6-5-15(23)8-12(16)2/h4-10H,3,11H2,1-2H3,(H,24,28). The fourth-order valence-electron chi connectivity index (χ4n) is 3.07. The van der Waals surface area contributed by atoms with E-state index in [1.165, 1.54) is 11.8 Å². The number of rotatable bonds is 6. The van der Waals surface area contributed by atoms with Crippen LogP contribution in [0.3, 0.4) is 0 Å². The molecular formula is C21H18BrClN4O2S. The quantitative estimate of drug-likeness (QED) is 0.317. The fraction of sp³-hybridized carbons (Fsp3) is 0.190. The summed E-state index contributed by atoms with van der Waals surface area (Å²) in [5, 5.41) is 13.8. The molecule has 4 aromatic rings. The van der Waals surface area contributed by atoms with Crippen LogP contribution in [-0.4, -0.2) is 26.4 Å². The van der Waals surface area contributed by atoms with Crippen LogP contribution in [0.25, 0.3) is 22.6 Å². The van der Waals surface area contributed by atoms with Gasteiger partial charge in [-0.2, -0.15) is 0 Å². The number of amides is 1. The molecule has 0 saturated heterocycles. The molecule has 0 spiro atoms. The highest BCUT2D eigenvalue weighted by Crippen LogP contribution is 2.31. The molecule has 0 atom stereocenters. The molecule has 2 aromatic heterocycles. The molecule has 0 bridgehead atoms. The average Bonchev–Trinajstić information content (AvgIpc) is 3.31. The summed E-state index contributed by atoms with van der Waals surface area (Å²) in [4.78, 5) is 12.4. The smallest absolute Gasteiger partial charge is 0.234 e. The fourth-order valence-corrected chi connectivity index (χ4v) is 4.48. The van der Waals surface area contributed by atoms with Crippen LogP contribution in [0.5, 0.6) is 0 Å². The Hall–Kier alpha value is -2.29. The Morgan fingerprint density at radius 3 is 2.83 bits per heavy atom. The molecule has 0 radical (unpaired) electrons. The third-order valence-corrected chi connectivity index (χ3v) is 6.22. The minimum atomic E-state index is -0.119. The number of halogens is 2. The van der Waals surface area contributed by atoms with Crippen molar-refractivity contribution in [3.05, 3.63) is 57.5 Å². The van der Waals surface area contributed by atoms with Gasteiger partial charge in [-0.25, -0.2) is 0 Å². The zero-order valence-corrected chi connectivity index (χ0v) is 19.4. The second-order valence-electron chi connectivity index (χ2n) is 6.64. The van der Waals surface area contributed by atoms with Gasteiger partial charge in [-0.1, -0.05) is 39.3 Å². The van der Waals surface area contributed by atoms with E-state index < -0.39 is 0 Å². The van der Waals surface area contributed by atoms with E-state index in [4.69, 9.17) is 16.0 Å². The molecule has 2 heterocycles. The zero-order chi connectivity index (χ0) is 21.3. The number of benzene rings is 2. The van der Waals surface area contributed by atoms with Gasteiger partial charge in [0.25, 0.3) is 0 Å². The predicted octanol–water partition coefficient (Wildman–Crippen LogP) is 6.17. The van der Waals surface area contributed by atoms with Gasteiger partial charge < -0.3 is 9.73 Å². The molecule has 9 heteroatoms. The highest BCUT2D eigenvalue weighted by Gasteiger charge is 2.18. The first kappa shape index (κ1) is 21.0. The van der Waals surface area contributed by atoms with Crippen molar-refractivity contribution in [3.63, 3.8) is 0 Å². The van der Waals surface area contributed by atoms with Crippen molar-refractivity contribution in [3.8, 4) is 11.6 Å². The van der Waals surface area contributed by atoms with E-state index in [1.54, 1.807) is 12.1 Å². The molecule has 0 aliphatic rings. The number of thioether (sulfide) groups is 1. The first-order valence-electron chi connectivity index (χ1n) is 9.26. The maximum atomic E-state index is 12.4. The maximum Gasteiger partial charge on any atom is 0.234 e. The first-order valence-corrected chi connectivity index (χ1v) is 11.4. The third kappa shape index (κ3) is 4.40. The molecular weight excluding hydrogens is 488 g/mol. The van der Waals surface area contributed by atoms with E-state index in [-0.39, 0.29) is 11.7 Å². The van der Waals surface area contributed by atoms with Gasteiger partial charge in [0.1, 0.15) is 5.58 Å². The van der Waals surface area contributed by atoms with E-state index in [1.807, 2.05) is 48.7 Å². The van der Waals surface area contributed by atoms with Crippen molar-refractivity contribution >= 4 is 61.9 Å². The Morgan fingerprint density at radius 2 is 2.07 bits per heavy atom. The van der Waals surface area contributed by atoms with Crippen LogP contribution in [0.15, 0.2) is 56.5 Å². The number of hydrogen-bond donors (Lipinski definition) is 1. The Balaban J connectivity index is 1.49. The minimum Gasteiger partial charge on any atom is -0.453 e. The van der Waals surface area contributed by atoms with Crippen molar-refractivity contribution in [2.45, 2.75) is 25.5 Å². The van der Waals surface area contributed by atoms with Gasteiger partial charge in [-0.05, 0) is 61.9 Å². The Labute approximate surface area is 191 Å². The molecule has 1 amide bonds. The Bertz CT molecular complexity index is 1240. The molecule has 6 nitrogen and oxygen atoms in total. The topological polar surface area (TPSA) is 73.0 Å². The summed E-state index contributed by atoms with van der Waals surface area (Å²) in [5.74, 6) is 1.38. The lowest BCUT2D eigenvalue weighted by Crippen LogP contribution is -2.15. The third-order valence-electron chi connectivity index (χ3n) is 4.53. The highest BCUT2D eigenvalue weighted by molar-refractivity contribution is 9.10. The van der Waals surface area contributed by atoms with Crippen LogP contribution in [0.2, 0.25) is 5.02 Å². The van der Waals surface area contributed by atoms with Gasteiger partial charge >= 0.3 is 0 Å². The molecule has 154 valence electrons. The second-order valence-corrected chi connectivity index (χ2v) is 8.93. The number of nitrogens with zero attached hydrogens (tertiary/aromatic N) is 3. The number of furan rings is 1. The highest BCUT2D eigenvalue weighted by atomic mass is 79.9. The van der Waals surface area contributed by atoms with Gasteiger partial charge in [-0.3, -0.25) is 9.36 Å². The summed E-state index contributed by atoms with van der Waals surface area (Å²) in [6, 6.07) is 13.2. The van der Waals surface area contributed by atoms with Gasteiger partial charge in [0, 0.05) is 27.1 Å². The van der Waals surface area contributed by atoms with Gasteiger partial charge in [0.05, 0.1) is 5.75 Å². The molecule has 0 aliphatic heterocycles. The molecule has 0 unspecified atom stereocenters. The number of aryl methyl sites for hydroxylation is 1. The molecule has 0 aliphatic carbocycles. The van der Waals surface area contributed by atoms with Crippen LogP contribution in [0.4, 0.5) is 5.69 Å². The molecule has 4 rings (SSSR count). The van der Waals surface area contributed by atoms with Crippen molar-refractivity contribution in [2.24, 2.45) is 0 Å². The van der Waals surface area contributed by atoms with Gasteiger partial charge in [-0.15, -0.1) is 10.2 Å². The molecule has 30 heavy (non-hydrogen) atoms. The molecule has 0 saturated carbocycles. The van der Waals surface area contributed by atoms with E-state index in [2.05, 4.69) is 31.4 Å². The number of hydrogen-bond acceptors (Lipinski definition) is 5.